The Kier molecular flexibility index (Phi) is 6.02. The van der Waals surface area contributed by atoms with Gasteiger partial charge < -0.3 is 10.6 Å². The van der Waals surface area contributed by atoms with Crippen molar-refractivity contribution in [3.63, 3.8) is 0 Å². The number of carbonyl (C=O) groups excluding carboxylic acids is 2. The highest BCUT2D eigenvalue weighted by Crippen LogP contribution is 2.16. The molecule has 0 saturated carbocycles. The van der Waals surface area contributed by atoms with Crippen molar-refractivity contribution in [1.82, 2.24) is 10.6 Å². The predicted molar refractivity (Wildman–Crippen MR) is 80.4 cm³/mol. The maximum Gasteiger partial charge on any atom is 0.235 e. The number of halogens is 1. The van der Waals surface area contributed by atoms with E-state index in [1.165, 1.54) is 0 Å². The standard InChI is InChI=1S/C15H21ClN2O2/c1-4-9-17-13(19)15(2,3)14(20)18-10-11-5-7-12(16)8-6-11/h5-8H,4,9-10H2,1-3H3,(H,17,19)(H,18,20). The van der Waals surface area contributed by atoms with Crippen LogP contribution in [0.5, 0.6) is 0 Å². The van der Waals surface area contributed by atoms with Crippen LogP contribution in [0.1, 0.15) is 32.8 Å². The van der Waals surface area contributed by atoms with Crippen LogP contribution >= 0.6 is 11.6 Å². The number of rotatable bonds is 6. The molecule has 110 valence electrons. The summed E-state index contributed by atoms with van der Waals surface area (Å²) >= 11 is 5.80. The minimum absolute atomic E-state index is 0.257. The van der Waals surface area contributed by atoms with Gasteiger partial charge in [-0.05, 0) is 38.0 Å². The number of hydrogen-bond acceptors (Lipinski definition) is 2. The van der Waals surface area contributed by atoms with Crippen LogP contribution in [0.4, 0.5) is 0 Å². The van der Waals surface area contributed by atoms with Crippen molar-refractivity contribution in [3.05, 3.63) is 34.9 Å². The van der Waals surface area contributed by atoms with Gasteiger partial charge in [0.2, 0.25) is 11.8 Å². The van der Waals surface area contributed by atoms with Crippen LogP contribution in [0.2, 0.25) is 5.02 Å². The van der Waals surface area contributed by atoms with Gasteiger partial charge in [0, 0.05) is 18.1 Å². The lowest BCUT2D eigenvalue weighted by atomic mass is 9.91. The van der Waals surface area contributed by atoms with Crippen LogP contribution in [0, 0.1) is 5.41 Å². The first-order chi connectivity index (χ1) is 9.37. The molecule has 0 aliphatic rings. The molecule has 0 aliphatic heterocycles. The Balaban J connectivity index is 2.56. The summed E-state index contributed by atoms with van der Waals surface area (Å²) in [6.07, 6.45) is 0.841. The second-order valence-corrected chi connectivity index (χ2v) is 5.63. The second kappa shape index (κ2) is 7.29. The maximum atomic E-state index is 12.1. The van der Waals surface area contributed by atoms with Gasteiger partial charge in [-0.2, -0.15) is 0 Å². The summed E-state index contributed by atoms with van der Waals surface area (Å²) in [5.41, 5.74) is -0.144. The van der Waals surface area contributed by atoms with E-state index in [1.807, 2.05) is 19.1 Å². The molecule has 0 fully saturated rings. The van der Waals surface area contributed by atoms with Gasteiger partial charge in [-0.15, -0.1) is 0 Å². The molecule has 0 saturated heterocycles. The van der Waals surface area contributed by atoms with Gasteiger partial charge in [-0.25, -0.2) is 0 Å². The second-order valence-electron chi connectivity index (χ2n) is 5.19. The van der Waals surface area contributed by atoms with Crippen molar-refractivity contribution >= 4 is 23.4 Å². The molecule has 0 spiro atoms. The molecule has 2 N–H and O–H groups in total. The number of carbonyl (C=O) groups is 2. The van der Waals surface area contributed by atoms with Gasteiger partial charge in [0.05, 0.1) is 0 Å². The molecule has 0 heterocycles. The fraction of sp³-hybridized carbons (Fsp3) is 0.467. The monoisotopic (exact) mass is 296 g/mol. The van der Waals surface area contributed by atoms with Gasteiger partial charge in [0.15, 0.2) is 0 Å². The molecule has 0 aromatic heterocycles. The Labute approximate surface area is 124 Å². The Morgan fingerprint density at radius 2 is 1.65 bits per heavy atom. The zero-order valence-electron chi connectivity index (χ0n) is 12.1. The summed E-state index contributed by atoms with van der Waals surface area (Å²) in [6.45, 7) is 6.16. The summed E-state index contributed by atoms with van der Waals surface area (Å²) in [4.78, 5) is 24.0. The van der Waals surface area contributed by atoms with Gasteiger partial charge >= 0.3 is 0 Å². The smallest absolute Gasteiger partial charge is 0.235 e. The van der Waals surface area contributed by atoms with Gasteiger partial charge in [-0.3, -0.25) is 9.59 Å². The van der Waals surface area contributed by atoms with E-state index in [-0.39, 0.29) is 11.8 Å². The van der Waals surface area contributed by atoms with Gasteiger partial charge in [0.1, 0.15) is 5.41 Å². The molecule has 20 heavy (non-hydrogen) atoms. The molecule has 5 heteroatoms. The fourth-order valence-corrected chi connectivity index (χ4v) is 1.69. The number of amides is 2. The first-order valence-electron chi connectivity index (χ1n) is 6.69. The van der Waals surface area contributed by atoms with Crippen molar-refractivity contribution < 1.29 is 9.59 Å². The SMILES string of the molecule is CCCNC(=O)C(C)(C)C(=O)NCc1ccc(Cl)cc1. The first kappa shape index (κ1) is 16.5. The fourth-order valence-electron chi connectivity index (χ4n) is 1.57. The van der Waals surface area contributed by atoms with E-state index in [0.29, 0.717) is 18.1 Å². The highest BCUT2D eigenvalue weighted by atomic mass is 35.5. The van der Waals surface area contributed by atoms with E-state index < -0.39 is 5.41 Å². The van der Waals surface area contributed by atoms with Crippen LogP contribution in [0.15, 0.2) is 24.3 Å². The van der Waals surface area contributed by atoms with Crippen molar-refractivity contribution in [2.45, 2.75) is 33.7 Å². The lowest BCUT2D eigenvalue weighted by molar-refractivity contribution is -0.141. The average molecular weight is 297 g/mol. The Bertz CT molecular complexity index is 469. The topological polar surface area (TPSA) is 58.2 Å². The highest BCUT2D eigenvalue weighted by molar-refractivity contribution is 6.30. The predicted octanol–water partition coefficient (Wildman–Crippen LogP) is 2.51. The summed E-state index contributed by atoms with van der Waals surface area (Å²) in [5.74, 6) is -0.547. The van der Waals surface area contributed by atoms with Crippen LogP contribution in [-0.4, -0.2) is 18.4 Å². The Hall–Kier alpha value is -1.55. The third kappa shape index (κ3) is 4.53. The molecule has 2 amide bonds. The van der Waals surface area contributed by atoms with Crippen LogP contribution in [-0.2, 0) is 16.1 Å². The normalized spacial score (nSPS) is 11.0. The quantitative estimate of drug-likeness (QED) is 0.793. The van der Waals surface area contributed by atoms with Crippen molar-refractivity contribution in [2.75, 3.05) is 6.54 Å². The van der Waals surface area contributed by atoms with Crippen molar-refractivity contribution in [1.29, 1.82) is 0 Å². The molecule has 0 unspecified atom stereocenters. The van der Waals surface area contributed by atoms with Gasteiger partial charge in [-0.1, -0.05) is 30.7 Å². The molecule has 1 aromatic carbocycles. The van der Waals surface area contributed by atoms with E-state index in [1.54, 1.807) is 26.0 Å². The minimum Gasteiger partial charge on any atom is -0.355 e. The zero-order valence-corrected chi connectivity index (χ0v) is 12.9. The average Bonchev–Trinajstić information content (AvgIpc) is 2.43. The maximum absolute atomic E-state index is 12.1. The van der Waals surface area contributed by atoms with Crippen LogP contribution in [0.25, 0.3) is 0 Å². The van der Waals surface area contributed by atoms with E-state index in [0.717, 1.165) is 12.0 Å². The van der Waals surface area contributed by atoms with E-state index >= 15 is 0 Å². The Morgan fingerprint density at radius 3 is 2.20 bits per heavy atom. The lowest BCUT2D eigenvalue weighted by Crippen LogP contribution is -2.47. The Morgan fingerprint density at radius 1 is 1.10 bits per heavy atom. The molecule has 4 nitrogen and oxygen atoms in total. The molecule has 1 rings (SSSR count). The summed E-state index contributed by atoms with van der Waals surface area (Å²) in [6, 6.07) is 7.21. The van der Waals surface area contributed by atoms with Crippen LogP contribution < -0.4 is 10.6 Å². The van der Waals surface area contributed by atoms with Gasteiger partial charge in [0.25, 0.3) is 0 Å². The minimum atomic E-state index is -1.08. The largest absolute Gasteiger partial charge is 0.355 e. The van der Waals surface area contributed by atoms with Crippen LogP contribution in [0.3, 0.4) is 0 Å². The summed E-state index contributed by atoms with van der Waals surface area (Å²) in [5, 5.41) is 6.17. The van der Waals surface area contributed by atoms with E-state index in [9.17, 15) is 9.59 Å². The molecular formula is C15H21ClN2O2. The molecular weight excluding hydrogens is 276 g/mol. The third-order valence-electron chi connectivity index (χ3n) is 3.04. The molecule has 0 atom stereocenters. The number of nitrogens with one attached hydrogen (secondary N) is 2. The van der Waals surface area contributed by atoms with E-state index in [2.05, 4.69) is 10.6 Å². The number of benzene rings is 1. The third-order valence-corrected chi connectivity index (χ3v) is 3.29. The molecule has 0 radical (unpaired) electrons. The molecule has 0 aliphatic carbocycles. The summed E-state index contributed by atoms with van der Waals surface area (Å²) < 4.78 is 0. The number of hydrogen-bond donors (Lipinski definition) is 2. The van der Waals surface area contributed by atoms with Crippen molar-refractivity contribution in [2.24, 2.45) is 5.41 Å². The first-order valence-corrected chi connectivity index (χ1v) is 7.06. The molecule has 1 aromatic rings. The lowest BCUT2D eigenvalue weighted by Gasteiger charge is -2.22. The van der Waals surface area contributed by atoms with Crippen molar-refractivity contribution in [3.8, 4) is 0 Å². The highest BCUT2D eigenvalue weighted by Gasteiger charge is 2.35. The zero-order chi connectivity index (χ0) is 15.2. The van der Waals surface area contributed by atoms with E-state index in [4.69, 9.17) is 11.6 Å². The summed E-state index contributed by atoms with van der Waals surface area (Å²) in [7, 11) is 0. The molecule has 0 bridgehead atoms.